The number of hydrogen-bond acceptors (Lipinski definition) is 3. The van der Waals surface area contributed by atoms with Gasteiger partial charge in [-0.05, 0) is 51.2 Å². The molecule has 6 heteroatoms. The Balaban J connectivity index is 1.84. The van der Waals surface area contributed by atoms with E-state index in [0.717, 1.165) is 25.7 Å². The maximum Gasteiger partial charge on any atom is 0.319 e. The lowest BCUT2D eigenvalue weighted by atomic mass is 10.2. The number of carbonyl (C=O) groups is 1. The topological polar surface area (TPSA) is 70.6 Å². The quantitative estimate of drug-likeness (QED) is 0.756. The van der Waals surface area contributed by atoms with E-state index in [4.69, 9.17) is 9.84 Å². The molecule has 1 aliphatic rings. The molecule has 1 saturated carbocycles. The van der Waals surface area contributed by atoms with Gasteiger partial charge in [-0.2, -0.15) is 0 Å². The first-order chi connectivity index (χ1) is 10.5. The lowest BCUT2D eigenvalue weighted by molar-refractivity contribution is 0.184. The summed E-state index contributed by atoms with van der Waals surface area (Å²) in [6.07, 6.45) is 4.27. The highest BCUT2D eigenvalue weighted by Gasteiger charge is 2.18. The van der Waals surface area contributed by atoms with E-state index >= 15 is 0 Å². The Morgan fingerprint density at radius 2 is 2.18 bits per heavy atom. The minimum Gasteiger partial charge on any atom is -0.487 e. The summed E-state index contributed by atoms with van der Waals surface area (Å²) < 4.78 is 19.6. The lowest BCUT2D eigenvalue weighted by Gasteiger charge is -2.14. The van der Waals surface area contributed by atoms with Crippen molar-refractivity contribution in [3.63, 3.8) is 0 Å². The van der Waals surface area contributed by atoms with Gasteiger partial charge in [-0.1, -0.05) is 0 Å². The van der Waals surface area contributed by atoms with Crippen molar-refractivity contribution in [2.24, 2.45) is 0 Å². The smallest absolute Gasteiger partial charge is 0.319 e. The number of halogens is 1. The summed E-state index contributed by atoms with van der Waals surface area (Å²) in [7, 11) is 0. The van der Waals surface area contributed by atoms with Crippen LogP contribution in [0.25, 0.3) is 0 Å². The third-order valence-electron chi connectivity index (χ3n) is 3.63. The van der Waals surface area contributed by atoms with E-state index in [9.17, 15) is 9.18 Å². The van der Waals surface area contributed by atoms with Crippen molar-refractivity contribution in [2.75, 3.05) is 11.9 Å². The predicted octanol–water partition coefficient (Wildman–Crippen LogP) is 3.04. The highest BCUT2D eigenvalue weighted by atomic mass is 19.1. The van der Waals surface area contributed by atoms with Crippen LogP contribution in [0.5, 0.6) is 5.75 Å². The number of rotatable bonds is 6. The molecule has 1 atom stereocenters. The van der Waals surface area contributed by atoms with Gasteiger partial charge in [0.25, 0.3) is 0 Å². The largest absolute Gasteiger partial charge is 0.487 e. The standard InChI is InChI=1S/C16H23FN2O3/c1-11(20)8-9-18-16(21)19-12-6-7-15(14(17)10-12)22-13-4-2-3-5-13/h6-7,10-11,13,20H,2-5,8-9H2,1H3,(H2,18,19,21). The normalized spacial score (nSPS) is 16.3. The van der Waals surface area contributed by atoms with Gasteiger partial charge >= 0.3 is 6.03 Å². The van der Waals surface area contributed by atoms with E-state index in [0.29, 0.717) is 18.7 Å². The van der Waals surface area contributed by atoms with Crippen LogP contribution >= 0.6 is 0 Å². The van der Waals surface area contributed by atoms with Crippen LogP contribution in [-0.2, 0) is 0 Å². The second kappa shape index (κ2) is 7.98. The van der Waals surface area contributed by atoms with Crippen molar-refractivity contribution in [3.8, 4) is 5.75 Å². The Hall–Kier alpha value is -1.82. The van der Waals surface area contributed by atoms with Crippen LogP contribution in [0.3, 0.4) is 0 Å². The highest BCUT2D eigenvalue weighted by molar-refractivity contribution is 5.89. The Morgan fingerprint density at radius 3 is 2.82 bits per heavy atom. The zero-order chi connectivity index (χ0) is 15.9. The lowest BCUT2D eigenvalue weighted by Crippen LogP contribution is -2.30. The van der Waals surface area contributed by atoms with Crippen LogP contribution in [0.1, 0.15) is 39.0 Å². The van der Waals surface area contributed by atoms with Gasteiger partial charge in [0.15, 0.2) is 11.6 Å². The zero-order valence-electron chi connectivity index (χ0n) is 12.8. The van der Waals surface area contributed by atoms with Crippen LogP contribution in [0.4, 0.5) is 14.9 Å². The minimum atomic E-state index is -0.478. The summed E-state index contributed by atoms with van der Waals surface area (Å²) >= 11 is 0. The van der Waals surface area contributed by atoms with Crippen LogP contribution in [0, 0.1) is 5.82 Å². The summed E-state index contributed by atoms with van der Waals surface area (Å²) in [4.78, 5) is 11.6. The van der Waals surface area contributed by atoms with E-state index < -0.39 is 18.0 Å². The molecule has 0 heterocycles. The van der Waals surface area contributed by atoms with Gasteiger partial charge in [0.1, 0.15) is 0 Å². The Kier molecular flexibility index (Phi) is 6.00. The van der Waals surface area contributed by atoms with Crippen LogP contribution in [0.15, 0.2) is 18.2 Å². The Bertz CT molecular complexity index is 502. The first kappa shape index (κ1) is 16.5. The Morgan fingerprint density at radius 1 is 1.45 bits per heavy atom. The first-order valence-corrected chi connectivity index (χ1v) is 7.73. The maximum absolute atomic E-state index is 14.0. The molecule has 1 aliphatic carbocycles. The number of anilines is 1. The number of nitrogens with one attached hydrogen (secondary N) is 2. The molecule has 1 unspecified atom stereocenters. The number of hydrogen-bond donors (Lipinski definition) is 3. The monoisotopic (exact) mass is 310 g/mol. The highest BCUT2D eigenvalue weighted by Crippen LogP contribution is 2.27. The van der Waals surface area contributed by atoms with Gasteiger partial charge in [0.05, 0.1) is 12.2 Å². The van der Waals surface area contributed by atoms with Gasteiger partial charge in [0, 0.05) is 18.3 Å². The van der Waals surface area contributed by atoms with Crippen molar-refractivity contribution in [1.82, 2.24) is 5.32 Å². The summed E-state index contributed by atoms with van der Waals surface area (Å²) in [5.41, 5.74) is 0.366. The summed E-state index contributed by atoms with van der Waals surface area (Å²) in [5, 5.41) is 14.2. The van der Waals surface area contributed by atoms with E-state index in [2.05, 4.69) is 10.6 Å². The molecular weight excluding hydrogens is 287 g/mol. The van der Waals surface area contributed by atoms with E-state index in [1.807, 2.05) is 0 Å². The number of carbonyl (C=O) groups excluding carboxylic acids is 1. The second-order valence-electron chi connectivity index (χ2n) is 5.69. The molecule has 0 bridgehead atoms. The number of urea groups is 1. The van der Waals surface area contributed by atoms with Crippen molar-refractivity contribution < 1.29 is 19.0 Å². The average molecular weight is 310 g/mol. The minimum absolute atomic E-state index is 0.0945. The van der Waals surface area contributed by atoms with Crippen LogP contribution < -0.4 is 15.4 Å². The summed E-state index contributed by atoms with van der Waals surface area (Å²) in [6, 6.07) is 3.98. The molecule has 2 rings (SSSR count). The summed E-state index contributed by atoms with van der Waals surface area (Å²) in [6.45, 7) is 2.01. The molecule has 0 spiro atoms. The summed E-state index contributed by atoms with van der Waals surface area (Å²) in [5.74, 6) is -0.249. The number of aliphatic hydroxyl groups is 1. The fourth-order valence-electron chi connectivity index (χ4n) is 2.43. The number of ether oxygens (including phenoxy) is 1. The predicted molar refractivity (Wildman–Crippen MR) is 82.6 cm³/mol. The van der Waals surface area contributed by atoms with Gasteiger partial charge in [0.2, 0.25) is 0 Å². The third kappa shape index (κ3) is 5.18. The average Bonchev–Trinajstić information content (AvgIpc) is 2.94. The fourth-order valence-corrected chi connectivity index (χ4v) is 2.43. The fraction of sp³-hybridized carbons (Fsp3) is 0.562. The van der Waals surface area contributed by atoms with Gasteiger partial charge < -0.3 is 20.5 Å². The zero-order valence-corrected chi connectivity index (χ0v) is 12.8. The van der Waals surface area contributed by atoms with Crippen LogP contribution in [0.2, 0.25) is 0 Å². The van der Waals surface area contributed by atoms with Crippen molar-refractivity contribution in [2.45, 2.75) is 51.2 Å². The van der Waals surface area contributed by atoms with Crippen molar-refractivity contribution >= 4 is 11.7 Å². The van der Waals surface area contributed by atoms with E-state index in [1.165, 1.54) is 6.07 Å². The molecule has 3 N–H and O–H groups in total. The second-order valence-corrected chi connectivity index (χ2v) is 5.69. The molecular formula is C16H23FN2O3. The third-order valence-corrected chi connectivity index (χ3v) is 3.63. The molecule has 1 fully saturated rings. The molecule has 122 valence electrons. The van der Waals surface area contributed by atoms with E-state index in [1.54, 1.807) is 19.1 Å². The molecule has 1 aromatic rings. The SMILES string of the molecule is CC(O)CCNC(=O)Nc1ccc(OC2CCCC2)c(F)c1. The molecule has 0 saturated heterocycles. The van der Waals surface area contributed by atoms with Gasteiger partial charge in [-0.25, -0.2) is 9.18 Å². The van der Waals surface area contributed by atoms with Crippen LogP contribution in [-0.4, -0.2) is 29.9 Å². The molecule has 0 aromatic heterocycles. The Labute approximate surface area is 129 Å². The number of benzene rings is 1. The molecule has 0 aliphatic heterocycles. The first-order valence-electron chi connectivity index (χ1n) is 7.73. The molecule has 1 aromatic carbocycles. The molecule has 22 heavy (non-hydrogen) atoms. The van der Waals surface area contributed by atoms with Crippen molar-refractivity contribution in [1.29, 1.82) is 0 Å². The number of amides is 2. The molecule has 2 amide bonds. The molecule has 5 nitrogen and oxygen atoms in total. The van der Waals surface area contributed by atoms with Gasteiger partial charge in [-0.15, -0.1) is 0 Å². The maximum atomic E-state index is 14.0. The van der Waals surface area contributed by atoms with Crippen molar-refractivity contribution in [3.05, 3.63) is 24.0 Å². The van der Waals surface area contributed by atoms with Gasteiger partial charge in [-0.3, -0.25) is 0 Å². The molecule has 0 radical (unpaired) electrons. The number of aliphatic hydroxyl groups excluding tert-OH is 1. The van der Waals surface area contributed by atoms with E-state index in [-0.39, 0.29) is 11.9 Å².